The van der Waals surface area contributed by atoms with Crippen LogP contribution in [0.1, 0.15) is 17.5 Å². The van der Waals surface area contributed by atoms with Gasteiger partial charge in [0.1, 0.15) is 5.92 Å². The number of nitrogens with zero attached hydrogens (tertiary/aromatic N) is 1. The molecule has 1 N–H and O–H groups in total. The number of rotatable bonds is 4. The van der Waals surface area contributed by atoms with Crippen LogP contribution in [0.3, 0.4) is 0 Å². The summed E-state index contributed by atoms with van der Waals surface area (Å²) in [7, 11) is 0. The Morgan fingerprint density at radius 3 is 2.75 bits per heavy atom. The molecule has 4 nitrogen and oxygen atoms in total. The standard InChI is InChI=1S/C19H19ClN2O2/c1-13-7-8-16(20)17(11-13)22-10-9-15(19(22)24)18(23)21-12-14-5-3-2-4-6-14/h2-8,11,15H,9-10,12H2,1H3,(H,21,23). The number of hydrogen-bond donors (Lipinski definition) is 1. The summed E-state index contributed by atoms with van der Waals surface area (Å²) in [6.07, 6.45) is 0.504. The number of hydrogen-bond acceptors (Lipinski definition) is 2. The minimum atomic E-state index is -0.648. The van der Waals surface area contributed by atoms with E-state index in [0.717, 1.165) is 11.1 Å². The summed E-state index contributed by atoms with van der Waals surface area (Å²) in [5.41, 5.74) is 2.72. The fourth-order valence-electron chi connectivity index (χ4n) is 2.90. The molecule has 1 heterocycles. The molecule has 5 heteroatoms. The van der Waals surface area contributed by atoms with E-state index in [9.17, 15) is 9.59 Å². The number of amides is 2. The third-order valence-electron chi connectivity index (χ3n) is 4.22. The molecule has 0 aromatic heterocycles. The smallest absolute Gasteiger partial charge is 0.239 e. The summed E-state index contributed by atoms with van der Waals surface area (Å²) in [4.78, 5) is 26.6. The van der Waals surface area contributed by atoms with Crippen molar-refractivity contribution < 1.29 is 9.59 Å². The fraction of sp³-hybridized carbons (Fsp3) is 0.263. The summed E-state index contributed by atoms with van der Waals surface area (Å²) >= 11 is 6.22. The lowest BCUT2D eigenvalue weighted by atomic mass is 10.1. The van der Waals surface area contributed by atoms with Crippen molar-refractivity contribution in [3.05, 3.63) is 64.7 Å². The van der Waals surface area contributed by atoms with E-state index < -0.39 is 5.92 Å². The highest BCUT2D eigenvalue weighted by molar-refractivity contribution is 6.34. The number of aryl methyl sites for hydroxylation is 1. The van der Waals surface area contributed by atoms with Crippen LogP contribution < -0.4 is 10.2 Å². The molecule has 1 fully saturated rings. The highest BCUT2D eigenvalue weighted by Gasteiger charge is 2.38. The minimum Gasteiger partial charge on any atom is -0.351 e. The van der Waals surface area contributed by atoms with Gasteiger partial charge in [0.15, 0.2) is 0 Å². The predicted molar refractivity (Wildman–Crippen MR) is 94.9 cm³/mol. The number of carbonyl (C=O) groups is 2. The van der Waals surface area contributed by atoms with Crippen molar-refractivity contribution in [2.75, 3.05) is 11.4 Å². The van der Waals surface area contributed by atoms with Crippen LogP contribution in [0.5, 0.6) is 0 Å². The van der Waals surface area contributed by atoms with Crippen LogP contribution in [-0.2, 0) is 16.1 Å². The molecule has 124 valence electrons. The Hall–Kier alpha value is -2.33. The largest absolute Gasteiger partial charge is 0.351 e. The third kappa shape index (κ3) is 3.44. The van der Waals surface area contributed by atoms with Crippen LogP contribution in [0, 0.1) is 12.8 Å². The van der Waals surface area contributed by atoms with Crippen LogP contribution in [0.2, 0.25) is 5.02 Å². The maximum Gasteiger partial charge on any atom is 0.239 e. The fourth-order valence-corrected chi connectivity index (χ4v) is 3.12. The lowest BCUT2D eigenvalue weighted by molar-refractivity contribution is -0.132. The van der Waals surface area contributed by atoms with Gasteiger partial charge in [0.2, 0.25) is 11.8 Å². The summed E-state index contributed by atoms with van der Waals surface area (Å²) in [5.74, 6) is -1.06. The van der Waals surface area contributed by atoms with E-state index >= 15 is 0 Å². The van der Waals surface area contributed by atoms with Crippen LogP contribution in [0.25, 0.3) is 0 Å². The van der Waals surface area contributed by atoms with Gasteiger partial charge in [-0.25, -0.2) is 0 Å². The van der Waals surface area contributed by atoms with Gasteiger partial charge in [0, 0.05) is 13.1 Å². The second kappa shape index (κ2) is 7.05. The van der Waals surface area contributed by atoms with Crippen LogP contribution in [0.15, 0.2) is 48.5 Å². The summed E-state index contributed by atoms with van der Waals surface area (Å²) in [6, 6.07) is 15.2. The highest BCUT2D eigenvalue weighted by Crippen LogP contribution is 2.32. The summed E-state index contributed by atoms with van der Waals surface area (Å²) < 4.78 is 0. The highest BCUT2D eigenvalue weighted by atomic mass is 35.5. The Morgan fingerprint density at radius 1 is 1.25 bits per heavy atom. The molecule has 2 aromatic carbocycles. The Labute approximate surface area is 146 Å². The summed E-state index contributed by atoms with van der Waals surface area (Å²) in [5, 5.41) is 3.38. The SMILES string of the molecule is Cc1ccc(Cl)c(N2CCC(C(=O)NCc3ccccc3)C2=O)c1. The van der Waals surface area contributed by atoms with Gasteiger partial charge in [-0.2, -0.15) is 0 Å². The number of halogens is 1. The average Bonchev–Trinajstić information content (AvgIpc) is 2.97. The van der Waals surface area contributed by atoms with Gasteiger partial charge in [-0.15, -0.1) is 0 Å². The molecule has 0 spiro atoms. The van der Waals surface area contributed by atoms with E-state index in [1.807, 2.05) is 49.4 Å². The molecule has 1 saturated heterocycles. The second-order valence-corrected chi connectivity index (χ2v) is 6.40. The molecule has 0 radical (unpaired) electrons. The predicted octanol–water partition coefficient (Wildman–Crippen LogP) is 3.32. The number of anilines is 1. The quantitative estimate of drug-likeness (QED) is 0.866. The lowest BCUT2D eigenvalue weighted by Crippen LogP contribution is -2.36. The topological polar surface area (TPSA) is 49.4 Å². The van der Waals surface area contributed by atoms with Crippen molar-refractivity contribution in [3.63, 3.8) is 0 Å². The van der Waals surface area contributed by atoms with Gasteiger partial charge in [-0.1, -0.05) is 48.0 Å². The zero-order valence-electron chi connectivity index (χ0n) is 13.5. The van der Waals surface area contributed by atoms with E-state index in [4.69, 9.17) is 11.6 Å². The van der Waals surface area contributed by atoms with Gasteiger partial charge < -0.3 is 10.2 Å². The molecule has 0 bridgehead atoms. The summed E-state index contributed by atoms with van der Waals surface area (Å²) in [6.45, 7) is 2.88. The average molecular weight is 343 g/mol. The van der Waals surface area contributed by atoms with Gasteiger partial charge in [0.05, 0.1) is 10.7 Å². The van der Waals surface area contributed by atoms with E-state index in [2.05, 4.69) is 5.32 Å². The Morgan fingerprint density at radius 2 is 2.00 bits per heavy atom. The van der Waals surface area contributed by atoms with Crippen LogP contribution >= 0.6 is 11.6 Å². The van der Waals surface area contributed by atoms with Crippen molar-refractivity contribution in [3.8, 4) is 0 Å². The maximum absolute atomic E-state index is 12.6. The molecular weight excluding hydrogens is 324 g/mol. The molecule has 1 aliphatic heterocycles. The maximum atomic E-state index is 12.6. The molecule has 1 atom stereocenters. The number of carbonyl (C=O) groups excluding carboxylic acids is 2. The molecule has 1 aliphatic rings. The molecule has 1 unspecified atom stereocenters. The zero-order valence-corrected chi connectivity index (χ0v) is 14.2. The first-order chi connectivity index (χ1) is 11.6. The normalized spacial score (nSPS) is 17.2. The van der Waals surface area contributed by atoms with Crippen LogP contribution in [0.4, 0.5) is 5.69 Å². The first-order valence-corrected chi connectivity index (χ1v) is 8.33. The molecule has 0 aliphatic carbocycles. The number of benzene rings is 2. The molecule has 2 aromatic rings. The molecule has 3 rings (SSSR count). The molecule has 0 saturated carbocycles. The van der Waals surface area contributed by atoms with Crippen molar-refractivity contribution in [2.45, 2.75) is 19.9 Å². The van der Waals surface area contributed by atoms with E-state index in [0.29, 0.717) is 30.2 Å². The van der Waals surface area contributed by atoms with Crippen LogP contribution in [-0.4, -0.2) is 18.4 Å². The van der Waals surface area contributed by atoms with E-state index in [-0.39, 0.29) is 11.8 Å². The van der Waals surface area contributed by atoms with E-state index in [1.54, 1.807) is 11.0 Å². The lowest BCUT2D eigenvalue weighted by Gasteiger charge is -2.18. The van der Waals surface area contributed by atoms with Crippen molar-refractivity contribution in [1.82, 2.24) is 5.32 Å². The van der Waals surface area contributed by atoms with Gasteiger partial charge in [-0.3, -0.25) is 9.59 Å². The number of nitrogens with one attached hydrogen (secondary N) is 1. The molecule has 24 heavy (non-hydrogen) atoms. The van der Waals surface area contributed by atoms with Crippen molar-refractivity contribution in [1.29, 1.82) is 0 Å². The third-order valence-corrected chi connectivity index (χ3v) is 4.54. The van der Waals surface area contributed by atoms with Crippen molar-refractivity contribution >= 4 is 29.1 Å². The Kier molecular flexibility index (Phi) is 4.86. The first kappa shape index (κ1) is 16.5. The Bertz CT molecular complexity index is 761. The second-order valence-electron chi connectivity index (χ2n) is 5.99. The molecular formula is C19H19ClN2O2. The van der Waals surface area contributed by atoms with Gasteiger partial charge in [0.25, 0.3) is 0 Å². The monoisotopic (exact) mass is 342 g/mol. The molecule has 2 amide bonds. The van der Waals surface area contributed by atoms with Gasteiger partial charge in [-0.05, 0) is 36.6 Å². The van der Waals surface area contributed by atoms with Gasteiger partial charge >= 0.3 is 0 Å². The Balaban J connectivity index is 1.67. The first-order valence-electron chi connectivity index (χ1n) is 7.95. The minimum absolute atomic E-state index is 0.187. The van der Waals surface area contributed by atoms with E-state index in [1.165, 1.54) is 0 Å². The van der Waals surface area contributed by atoms with Crippen molar-refractivity contribution in [2.24, 2.45) is 5.92 Å². The zero-order chi connectivity index (χ0) is 17.1.